The summed E-state index contributed by atoms with van der Waals surface area (Å²) >= 11 is 0. The predicted molar refractivity (Wildman–Crippen MR) is 78.8 cm³/mol. The van der Waals surface area contributed by atoms with Gasteiger partial charge in [0.05, 0.1) is 0 Å². The van der Waals surface area contributed by atoms with Crippen molar-refractivity contribution < 1.29 is 4.92 Å². The highest BCUT2D eigenvalue weighted by Crippen LogP contribution is 2.26. The number of nitrogens with zero attached hydrogens (tertiary/aromatic N) is 2. The second-order valence-corrected chi connectivity index (χ2v) is 5.24. The molecule has 2 rings (SSSR count). The first-order chi connectivity index (χ1) is 9.50. The Morgan fingerprint density at radius 2 is 1.90 bits per heavy atom. The van der Waals surface area contributed by atoms with Crippen LogP contribution in [0.25, 0.3) is 0 Å². The fourth-order valence-corrected chi connectivity index (χ4v) is 1.99. The fourth-order valence-electron chi connectivity index (χ4n) is 1.99. The molecule has 0 bridgehead atoms. The van der Waals surface area contributed by atoms with Gasteiger partial charge in [-0.25, -0.2) is 0 Å². The van der Waals surface area contributed by atoms with E-state index in [4.69, 9.17) is 0 Å². The van der Waals surface area contributed by atoms with Crippen molar-refractivity contribution in [2.45, 2.75) is 19.3 Å². The molecule has 0 amide bonds. The summed E-state index contributed by atoms with van der Waals surface area (Å²) in [6.45, 7) is 4.78. The summed E-state index contributed by atoms with van der Waals surface area (Å²) in [5, 5.41) is 14.0. The lowest BCUT2D eigenvalue weighted by atomic mass is 9.84. The van der Waals surface area contributed by atoms with Crippen molar-refractivity contribution in [3.05, 3.63) is 64.3 Å². The summed E-state index contributed by atoms with van der Waals surface area (Å²) in [5.41, 5.74) is 1.49. The van der Waals surface area contributed by atoms with Crippen LogP contribution in [0.15, 0.2) is 48.7 Å². The van der Waals surface area contributed by atoms with Crippen LogP contribution in [0.2, 0.25) is 0 Å². The minimum absolute atomic E-state index is 0.134. The Hall–Kier alpha value is -2.43. The lowest BCUT2D eigenvalue weighted by Crippen LogP contribution is -2.27. The van der Waals surface area contributed by atoms with E-state index in [0.29, 0.717) is 12.2 Å². The first kappa shape index (κ1) is 14.0. The summed E-state index contributed by atoms with van der Waals surface area (Å²) in [7, 11) is 0. The van der Waals surface area contributed by atoms with Crippen LogP contribution in [0.1, 0.15) is 19.4 Å². The first-order valence-electron chi connectivity index (χ1n) is 6.39. The zero-order valence-electron chi connectivity index (χ0n) is 11.5. The van der Waals surface area contributed by atoms with E-state index in [2.05, 4.69) is 36.3 Å². The summed E-state index contributed by atoms with van der Waals surface area (Å²) in [6, 6.07) is 13.4. The number of rotatable bonds is 5. The number of benzene rings is 1. The summed E-state index contributed by atoms with van der Waals surface area (Å²) in [6.07, 6.45) is 1.42. The van der Waals surface area contributed by atoms with Crippen LogP contribution in [0.4, 0.5) is 11.5 Å². The summed E-state index contributed by atoms with van der Waals surface area (Å²) in [5.74, 6) is -0.142. The van der Waals surface area contributed by atoms with Crippen molar-refractivity contribution >= 4 is 11.5 Å². The van der Waals surface area contributed by atoms with Gasteiger partial charge in [-0.05, 0) is 27.6 Å². The van der Waals surface area contributed by atoms with Crippen LogP contribution in [0.5, 0.6) is 0 Å². The van der Waals surface area contributed by atoms with Gasteiger partial charge in [-0.3, -0.25) is 0 Å². The van der Waals surface area contributed by atoms with Gasteiger partial charge in [-0.15, -0.1) is 0 Å². The topological polar surface area (TPSA) is 68.1 Å². The molecule has 0 unspecified atom stereocenters. The van der Waals surface area contributed by atoms with Crippen LogP contribution in [0.3, 0.4) is 0 Å². The van der Waals surface area contributed by atoms with Gasteiger partial charge in [0.15, 0.2) is 0 Å². The van der Waals surface area contributed by atoms with Gasteiger partial charge in [-0.2, -0.15) is 0 Å². The maximum atomic E-state index is 10.9. The number of nitro groups is 1. The molecule has 1 aromatic carbocycles. The second kappa shape index (κ2) is 5.69. The first-order valence-corrected chi connectivity index (χ1v) is 6.39. The molecule has 1 aromatic heterocycles. The van der Waals surface area contributed by atoms with Gasteiger partial charge < -0.3 is 15.4 Å². The molecule has 0 radical (unpaired) electrons. The van der Waals surface area contributed by atoms with E-state index in [1.54, 1.807) is 12.1 Å². The highest BCUT2D eigenvalue weighted by molar-refractivity contribution is 5.57. The van der Waals surface area contributed by atoms with Gasteiger partial charge >= 0.3 is 5.82 Å². The number of hydrogen-bond acceptors (Lipinski definition) is 4. The van der Waals surface area contributed by atoms with E-state index >= 15 is 0 Å². The SMILES string of the molecule is CC(C)(CNc1cccnc1[N+](=O)[O-])c1ccccc1. The van der Waals surface area contributed by atoms with Crippen molar-refractivity contribution in [1.29, 1.82) is 0 Å². The minimum atomic E-state index is -0.474. The monoisotopic (exact) mass is 271 g/mol. The molecular weight excluding hydrogens is 254 g/mol. The van der Waals surface area contributed by atoms with E-state index in [1.807, 2.05) is 18.2 Å². The van der Waals surface area contributed by atoms with Crippen LogP contribution >= 0.6 is 0 Å². The summed E-state index contributed by atoms with van der Waals surface area (Å²) in [4.78, 5) is 14.2. The molecule has 0 saturated carbocycles. The van der Waals surface area contributed by atoms with Crippen LogP contribution in [0, 0.1) is 10.1 Å². The minimum Gasteiger partial charge on any atom is -0.377 e. The van der Waals surface area contributed by atoms with Crippen LogP contribution in [-0.4, -0.2) is 16.5 Å². The van der Waals surface area contributed by atoms with Gasteiger partial charge in [0, 0.05) is 12.0 Å². The Morgan fingerprint density at radius 1 is 1.20 bits per heavy atom. The fraction of sp³-hybridized carbons (Fsp3) is 0.267. The molecule has 1 N–H and O–H groups in total. The van der Waals surface area contributed by atoms with Gasteiger partial charge in [0.25, 0.3) is 0 Å². The normalized spacial score (nSPS) is 11.1. The highest BCUT2D eigenvalue weighted by atomic mass is 16.6. The maximum Gasteiger partial charge on any atom is 0.386 e. The molecule has 5 heteroatoms. The molecule has 1 heterocycles. The van der Waals surface area contributed by atoms with Crippen molar-refractivity contribution in [3.8, 4) is 0 Å². The van der Waals surface area contributed by atoms with E-state index in [1.165, 1.54) is 11.8 Å². The van der Waals surface area contributed by atoms with Crippen molar-refractivity contribution in [2.75, 3.05) is 11.9 Å². The molecule has 5 nitrogen and oxygen atoms in total. The van der Waals surface area contributed by atoms with E-state index in [0.717, 1.165) is 0 Å². The zero-order chi connectivity index (χ0) is 14.6. The number of anilines is 1. The number of nitrogens with one attached hydrogen (secondary N) is 1. The Balaban J connectivity index is 2.15. The molecule has 104 valence electrons. The molecule has 0 atom stereocenters. The lowest BCUT2D eigenvalue weighted by molar-refractivity contribution is -0.388. The standard InChI is InChI=1S/C15H17N3O2/c1-15(2,12-7-4-3-5-8-12)11-17-13-9-6-10-16-14(13)18(19)20/h3-10,17H,11H2,1-2H3. The Labute approximate surface area is 117 Å². The van der Waals surface area contributed by atoms with Crippen molar-refractivity contribution in [2.24, 2.45) is 0 Å². The molecular formula is C15H17N3O2. The Bertz CT molecular complexity index is 597. The quantitative estimate of drug-likeness (QED) is 0.668. The average Bonchev–Trinajstić information content (AvgIpc) is 2.46. The smallest absolute Gasteiger partial charge is 0.377 e. The van der Waals surface area contributed by atoms with Gasteiger partial charge in [0.2, 0.25) is 0 Å². The molecule has 2 aromatic rings. The predicted octanol–water partition coefficient (Wildman–Crippen LogP) is 3.38. The average molecular weight is 271 g/mol. The Morgan fingerprint density at radius 3 is 2.55 bits per heavy atom. The zero-order valence-corrected chi connectivity index (χ0v) is 11.5. The Kier molecular flexibility index (Phi) is 3.98. The van der Waals surface area contributed by atoms with Gasteiger partial charge in [0.1, 0.15) is 11.9 Å². The molecule has 0 spiro atoms. The molecule has 0 fully saturated rings. The van der Waals surface area contributed by atoms with Crippen molar-refractivity contribution in [1.82, 2.24) is 4.98 Å². The van der Waals surface area contributed by atoms with Crippen LogP contribution in [-0.2, 0) is 5.41 Å². The second-order valence-electron chi connectivity index (χ2n) is 5.24. The number of aromatic nitrogens is 1. The van der Waals surface area contributed by atoms with E-state index in [9.17, 15) is 10.1 Å². The lowest BCUT2D eigenvalue weighted by Gasteiger charge is -2.26. The maximum absolute atomic E-state index is 10.9. The van der Waals surface area contributed by atoms with E-state index < -0.39 is 4.92 Å². The number of pyridine rings is 1. The van der Waals surface area contributed by atoms with E-state index in [-0.39, 0.29) is 11.2 Å². The number of hydrogen-bond donors (Lipinski definition) is 1. The molecule has 0 saturated heterocycles. The largest absolute Gasteiger partial charge is 0.386 e. The van der Waals surface area contributed by atoms with Gasteiger partial charge in [-0.1, -0.05) is 44.2 Å². The third-order valence-electron chi connectivity index (χ3n) is 3.24. The molecule has 0 aliphatic heterocycles. The molecule has 0 aliphatic carbocycles. The summed E-state index contributed by atoms with van der Waals surface area (Å²) < 4.78 is 0. The van der Waals surface area contributed by atoms with Crippen LogP contribution < -0.4 is 5.32 Å². The third kappa shape index (κ3) is 3.12. The van der Waals surface area contributed by atoms with Crippen molar-refractivity contribution in [3.63, 3.8) is 0 Å². The highest BCUT2D eigenvalue weighted by Gasteiger charge is 2.22. The molecule has 0 aliphatic rings. The third-order valence-corrected chi connectivity index (χ3v) is 3.24. The molecule has 20 heavy (non-hydrogen) atoms.